The quantitative estimate of drug-likeness (QED) is 0.760. The summed E-state index contributed by atoms with van der Waals surface area (Å²) in [6.45, 7) is 2.90. The molecule has 0 aliphatic carbocycles. The number of hydrogen-bond acceptors (Lipinski definition) is 5. The highest BCUT2D eigenvalue weighted by atomic mass is 32.2. The van der Waals surface area contributed by atoms with Gasteiger partial charge in [0.25, 0.3) is 10.0 Å². The molecule has 7 heteroatoms. The van der Waals surface area contributed by atoms with Crippen LogP contribution < -0.4 is 5.32 Å². The van der Waals surface area contributed by atoms with Crippen LogP contribution in [0.25, 0.3) is 0 Å². The zero-order valence-corrected chi connectivity index (χ0v) is 13.3. The molecule has 0 saturated carbocycles. The number of nitrogens with zero attached hydrogens (tertiary/aromatic N) is 3. The fourth-order valence-corrected chi connectivity index (χ4v) is 3.50. The predicted molar refractivity (Wildman–Crippen MR) is 84.5 cm³/mol. The van der Waals surface area contributed by atoms with Crippen LogP contribution in [0.2, 0.25) is 0 Å². The van der Waals surface area contributed by atoms with E-state index in [-0.39, 0.29) is 4.90 Å². The Morgan fingerprint density at radius 2 is 2.00 bits per heavy atom. The largest absolute Gasteiger partial charge is 0.315 e. The van der Waals surface area contributed by atoms with E-state index in [1.807, 2.05) is 14.1 Å². The first kappa shape index (κ1) is 15.9. The molecule has 1 N–H and O–H groups in total. The number of aliphatic imine (C=N–C) groups is 1. The van der Waals surface area contributed by atoms with Crippen molar-refractivity contribution in [3.63, 3.8) is 0 Å². The molecule has 0 aromatic heterocycles. The van der Waals surface area contributed by atoms with Gasteiger partial charge in [-0.15, -0.1) is 0 Å². The zero-order valence-electron chi connectivity index (χ0n) is 12.5. The average Bonchev–Trinajstić information content (AvgIpc) is 2.44. The molecule has 0 saturated heterocycles. The summed E-state index contributed by atoms with van der Waals surface area (Å²) in [7, 11) is 0.619. The summed E-state index contributed by atoms with van der Waals surface area (Å²) in [5.41, 5.74) is 0.507. The van der Waals surface area contributed by atoms with Crippen LogP contribution in [-0.2, 0) is 10.0 Å². The van der Waals surface area contributed by atoms with Crippen molar-refractivity contribution in [1.29, 1.82) is 0 Å². The van der Waals surface area contributed by atoms with Crippen molar-refractivity contribution >= 4 is 22.0 Å². The van der Waals surface area contributed by atoms with Gasteiger partial charge in [-0.3, -0.25) is 4.31 Å². The number of benzene rings is 1. The fraction of sp³-hybridized carbons (Fsp3) is 0.500. The Morgan fingerprint density at radius 3 is 2.76 bits per heavy atom. The lowest BCUT2D eigenvalue weighted by atomic mass is 10.3. The van der Waals surface area contributed by atoms with Crippen molar-refractivity contribution in [2.75, 3.05) is 40.3 Å². The van der Waals surface area contributed by atoms with Gasteiger partial charge < -0.3 is 10.2 Å². The molecule has 0 fully saturated rings. The summed E-state index contributed by atoms with van der Waals surface area (Å²) in [6, 6.07) is 6.81. The van der Waals surface area contributed by atoms with Crippen LogP contribution in [0.1, 0.15) is 6.42 Å². The molecule has 1 aromatic carbocycles. The van der Waals surface area contributed by atoms with Gasteiger partial charge in [0.15, 0.2) is 0 Å². The fourth-order valence-electron chi connectivity index (χ4n) is 2.11. The minimum atomic E-state index is -3.45. The first-order valence-corrected chi connectivity index (χ1v) is 8.46. The van der Waals surface area contributed by atoms with Crippen molar-refractivity contribution in [3.05, 3.63) is 24.3 Å². The number of nitrogens with one attached hydrogen (secondary N) is 1. The van der Waals surface area contributed by atoms with Gasteiger partial charge in [-0.1, -0.05) is 12.1 Å². The van der Waals surface area contributed by atoms with Gasteiger partial charge in [0.1, 0.15) is 11.2 Å². The summed E-state index contributed by atoms with van der Waals surface area (Å²) in [6.07, 6.45) is 2.44. The maximum absolute atomic E-state index is 12.4. The first-order valence-electron chi connectivity index (χ1n) is 7.02. The molecule has 0 bridgehead atoms. The van der Waals surface area contributed by atoms with Crippen LogP contribution in [0.3, 0.4) is 0 Å². The second kappa shape index (κ2) is 7.02. The molecule has 0 spiro atoms. The Labute approximate surface area is 126 Å². The molecular weight excluding hydrogens is 288 g/mol. The number of fused-ring (bicyclic) bond motifs is 1. The van der Waals surface area contributed by atoms with E-state index < -0.39 is 10.0 Å². The summed E-state index contributed by atoms with van der Waals surface area (Å²) in [5, 5.41) is 3.26. The van der Waals surface area contributed by atoms with Crippen LogP contribution >= 0.6 is 0 Å². The summed E-state index contributed by atoms with van der Waals surface area (Å²) in [4.78, 5) is 6.60. The minimum Gasteiger partial charge on any atom is -0.315 e. The van der Waals surface area contributed by atoms with E-state index >= 15 is 0 Å². The molecular formula is C14H22N4O2S. The Bertz CT molecular complexity index is 599. The van der Waals surface area contributed by atoms with E-state index in [4.69, 9.17) is 0 Å². The third-order valence-electron chi connectivity index (χ3n) is 3.25. The molecule has 1 heterocycles. The van der Waals surface area contributed by atoms with E-state index in [9.17, 15) is 8.42 Å². The second-order valence-corrected chi connectivity index (χ2v) is 7.09. The highest BCUT2D eigenvalue weighted by Crippen LogP contribution is 2.29. The van der Waals surface area contributed by atoms with Gasteiger partial charge in [-0.2, -0.15) is 0 Å². The van der Waals surface area contributed by atoms with Crippen molar-refractivity contribution in [3.8, 4) is 0 Å². The molecule has 1 aliphatic heterocycles. The van der Waals surface area contributed by atoms with Crippen molar-refractivity contribution in [2.24, 2.45) is 4.99 Å². The lowest BCUT2D eigenvalue weighted by molar-refractivity contribution is 0.393. The molecule has 21 heavy (non-hydrogen) atoms. The second-order valence-electron chi connectivity index (χ2n) is 5.23. The third-order valence-corrected chi connectivity index (χ3v) is 5.04. The number of para-hydroxylation sites is 1. The maximum Gasteiger partial charge on any atom is 0.267 e. The van der Waals surface area contributed by atoms with Crippen LogP contribution in [0.4, 0.5) is 5.69 Å². The molecule has 1 aliphatic rings. The third kappa shape index (κ3) is 4.03. The monoisotopic (exact) mass is 310 g/mol. The van der Waals surface area contributed by atoms with Gasteiger partial charge in [0.05, 0.1) is 5.69 Å². The number of sulfonamides is 1. The number of hydrogen-bond donors (Lipinski definition) is 1. The molecule has 2 rings (SSSR count). The van der Waals surface area contributed by atoms with Gasteiger partial charge in [0.2, 0.25) is 0 Å². The van der Waals surface area contributed by atoms with Gasteiger partial charge in [-0.05, 0) is 45.7 Å². The topological polar surface area (TPSA) is 65.0 Å². The zero-order chi connectivity index (χ0) is 15.3. The van der Waals surface area contributed by atoms with Crippen molar-refractivity contribution in [2.45, 2.75) is 11.3 Å². The lowest BCUT2D eigenvalue weighted by Gasteiger charge is -2.24. The van der Waals surface area contributed by atoms with Gasteiger partial charge in [0, 0.05) is 13.1 Å². The summed E-state index contributed by atoms with van der Waals surface area (Å²) in [5.74, 6) is 0. The van der Waals surface area contributed by atoms with E-state index in [1.54, 1.807) is 24.3 Å². The van der Waals surface area contributed by atoms with Crippen LogP contribution in [0, 0.1) is 0 Å². The SMILES string of the molecule is CN(C)CCCNCCN1C=Nc2ccccc2S1(=O)=O. The lowest BCUT2D eigenvalue weighted by Crippen LogP contribution is -2.37. The molecule has 0 amide bonds. The van der Waals surface area contributed by atoms with Crippen LogP contribution in [0.15, 0.2) is 34.2 Å². The van der Waals surface area contributed by atoms with E-state index in [1.165, 1.54) is 10.6 Å². The maximum atomic E-state index is 12.4. The van der Waals surface area contributed by atoms with Crippen molar-refractivity contribution in [1.82, 2.24) is 14.5 Å². The molecule has 116 valence electrons. The van der Waals surface area contributed by atoms with Crippen LogP contribution in [0.5, 0.6) is 0 Å². The van der Waals surface area contributed by atoms with E-state index in [0.717, 1.165) is 19.5 Å². The summed E-state index contributed by atoms with van der Waals surface area (Å²) >= 11 is 0. The Kier molecular flexibility index (Phi) is 5.33. The Balaban J connectivity index is 1.86. The summed E-state index contributed by atoms with van der Waals surface area (Å²) < 4.78 is 26.1. The van der Waals surface area contributed by atoms with Crippen LogP contribution in [-0.4, -0.2) is 64.2 Å². The molecule has 1 aromatic rings. The van der Waals surface area contributed by atoms with Gasteiger partial charge in [-0.25, -0.2) is 13.4 Å². The van der Waals surface area contributed by atoms with E-state index in [2.05, 4.69) is 15.2 Å². The smallest absolute Gasteiger partial charge is 0.267 e. The Morgan fingerprint density at radius 1 is 1.24 bits per heavy atom. The first-order chi connectivity index (χ1) is 10.0. The molecule has 0 atom stereocenters. The predicted octanol–water partition coefficient (Wildman–Crippen LogP) is 0.892. The van der Waals surface area contributed by atoms with E-state index in [0.29, 0.717) is 18.8 Å². The molecule has 0 unspecified atom stereocenters. The highest BCUT2D eigenvalue weighted by Gasteiger charge is 2.27. The number of rotatable bonds is 7. The average molecular weight is 310 g/mol. The standard InChI is InChI=1S/C14H22N4O2S/c1-17(2)10-5-8-15-9-11-18-12-16-13-6-3-4-7-14(13)21(18,19)20/h3-4,6-7,12,15H,5,8-11H2,1-2H3. The highest BCUT2D eigenvalue weighted by molar-refractivity contribution is 7.89. The Hall–Kier alpha value is -1.44. The minimum absolute atomic E-state index is 0.278. The van der Waals surface area contributed by atoms with Crippen molar-refractivity contribution < 1.29 is 8.42 Å². The molecule has 0 radical (unpaired) electrons. The molecule has 6 nitrogen and oxygen atoms in total. The van der Waals surface area contributed by atoms with Gasteiger partial charge >= 0.3 is 0 Å². The normalized spacial score (nSPS) is 16.2.